The van der Waals surface area contributed by atoms with Crippen molar-refractivity contribution in [3.8, 4) is 0 Å². The molecule has 1 heterocycles. The second-order valence-electron chi connectivity index (χ2n) is 6.31. The van der Waals surface area contributed by atoms with Gasteiger partial charge in [-0.15, -0.1) is 11.3 Å². The zero-order valence-corrected chi connectivity index (χ0v) is 18.6. The van der Waals surface area contributed by atoms with Gasteiger partial charge in [-0.25, -0.2) is 4.98 Å². The number of nitrogens with one attached hydrogen (secondary N) is 1. The maximum atomic E-state index is 12.5. The van der Waals surface area contributed by atoms with Gasteiger partial charge in [-0.2, -0.15) is 0 Å². The lowest BCUT2D eigenvalue weighted by atomic mass is 10.1. The number of hydrogen-bond donors (Lipinski definition) is 1. The fraction of sp³-hybridized carbons (Fsp3) is 0.0476. The highest BCUT2D eigenvalue weighted by atomic mass is 79.9. The number of nitro groups is 1. The minimum absolute atomic E-state index is 0.0256. The molecule has 0 saturated heterocycles. The highest BCUT2D eigenvalue weighted by Gasteiger charge is 2.19. The predicted octanol–water partition coefficient (Wildman–Crippen LogP) is 6.51. The van der Waals surface area contributed by atoms with Crippen molar-refractivity contribution in [2.75, 3.05) is 5.32 Å². The molecule has 1 N–H and O–H groups in total. The fourth-order valence-electron chi connectivity index (χ4n) is 2.79. The van der Waals surface area contributed by atoms with E-state index < -0.39 is 10.8 Å². The molecule has 0 atom stereocenters. The average Bonchev–Trinajstić information content (AvgIpc) is 3.15. The van der Waals surface area contributed by atoms with Crippen molar-refractivity contribution >= 4 is 66.5 Å². The van der Waals surface area contributed by atoms with E-state index in [0.29, 0.717) is 5.69 Å². The molecule has 30 heavy (non-hydrogen) atoms. The molecule has 0 fully saturated rings. The Bertz CT molecular complexity index is 1240. The van der Waals surface area contributed by atoms with E-state index in [9.17, 15) is 14.9 Å². The Kier molecular flexibility index (Phi) is 6.12. The van der Waals surface area contributed by atoms with Crippen LogP contribution in [0.1, 0.15) is 15.9 Å². The van der Waals surface area contributed by atoms with Crippen molar-refractivity contribution in [3.05, 3.63) is 92.4 Å². The minimum Gasteiger partial charge on any atom is -0.322 e. The molecule has 4 aromatic rings. The van der Waals surface area contributed by atoms with Crippen LogP contribution in [-0.2, 0) is 5.75 Å². The molecule has 0 aliphatic rings. The number of thioether (sulfide) groups is 1. The molecule has 1 aromatic heterocycles. The first-order valence-corrected chi connectivity index (χ1v) is 11.4. The number of benzene rings is 3. The van der Waals surface area contributed by atoms with Crippen molar-refractivity contribution in [1.82, 2.24) is 4.98 Å². The Morgan fingerprint density at radius 3 is 2.67 bits per heavy atom. The lowest BCUT2D eigenvalue weighted by molar-refractivity contribution is -0.385. The summed E-state index contributed by atoms with van der Waals surface area (Å²) in [7, 11) is 0. The van der Waals surface area contributed by atoms with E-state index in [-0.39, 0.29) is 11.3 Å². The van der Waals surface area contributed by atoms with Crippen LogP contribution in [0.3, 0.4) is 0 Å². The fourth-order valence-corrected chi connectivity index (χ4v) is 5.12. The van der Waals surface area contributed by atoms with Crippen LogP contribution in [0.4, 0.5) is 11.4 Å². The second kappa shape index (κ2) is 8.95. The second-order valence-corrected chi connectivity index (χ2v) is 9.47. The standard InChI is InChI=1S/C21H14BrN3O3S2/c22-14-7-5-13(6-8-14)12-29-21-24-17-10-9-15(11-19(17)30-21)23-20(26)16-3-1-2-4-18(16)25(27)28/h1-11H,12H2,(H,23,26). The summed E-state index contributed by atoms with van der Waals surface area (Å²) in [5.41, 5.74) is 2.43. The molecule has 0 aliphatic carbocycles. The van der Waals surface area contributed by atoms with E-state index in [2.05, 4.69) is 38.4 Å². The lowest BCUT2D eigenvalue weighted by Gasteiger charge is -2.05. The Balaban J connectivity index is 1.49. The topological polar surface area (TPSA) is 85.1 Å². The largest absolute Gasteiger partial charge is 0.322 e. The third-order valence-electron chi connectivity index (χ3n) is 4.25. The average molecular weight is 500 g/mol. The van der Waals surface area contributed by atoms with Gasteiger partial charge in [-0.05, 0) is 42.0 Å². The van der Waals surface area contributed by atoms with Crippen LogP contribution < -0.4 is 5.32 Å². The number of carbonyl (C=O) groups is 1. The molecule has 0 saturated carbocycles. The predicted molar refractivity (Wildman–Crippen MR) is 124 cm³/mol. The van der Waals surface area contributed by atoms with E-state index >= 15 is 0 Å². The number of halogens is 1. The lowest BCUT2D eigenvalue weighted by Crippen LogP contribution is -2.13. The van der Waals surface area contributed by atoms with Crippen LogP contribution in [0.15, 0.2) is 75.5 Å². The molecule has 6 nitrogen and oxygen atoms in total. The van der Waals surface area contributed by atoms with Crippen molar-refractivity contribution < 1.29 is 9.72 Å². The quantitative estimate of drug-likeness (QED) is 0.185. The van der Waals surface area contributed by atoms with Gasteiger partial charge in [-0.1, -0.05) is 52.0 Å². The Morgan fingerprint density at radius 2 is 1.90 bits per heavy atom. The first-order chi connectivity index (χ1) is 14.5. The molecule has 150 valence electrons. The van der Waals surface area contributed by atoms with Crippen LogP contribution in [0, 0.1) is 10.1 Å². The summed E-state index contributed by atoms with van der Waals surface area (Å²) >= 11 is 6.64. The Labute approximate surface area is 188 Å². The molecule has 0 unspecified atom stereocenters. The van der Waals surface area contributed by atoms with E-state index in [1.54, 1.807) is 35.2 Å². The van der Waals surface area contributed by atoms with Crippen LogP contribution >= 0.6 is 39.0 Å². The highest BCUT2D eigenvalue weighted by molar-refractivity contribution is 9.10. The summed E-state index contributed by atoms with van der Waals surface area (Å²) in [4.78, 5) is 27.8. The number of anilines is 1. The summed E-state index contributed by atoms with van der Waals surface area (Å²) in [6.07, 6.45) is 0. The molecule has 1 amide bonds. The van der Waals surface area contributed by atoms with Crippen molar-refractivity contribution in [3.63, 3.8) is 0 Å². The van der Waals surface area contributed by atoms with E-state index in [1.165, 1.54) is 23.8 Å². The number of nitro benzene ring substituents is 1. The van der Waals surface area contributed by atoms with Crippen molar-refractivity contribution in [2.24, 2.45) is 0 Å². The van der Waals surface area contributed by atoms with Gasteiger partial charge in [0.2, 0.25) is 0 Å². The number of fused-ring (bicyclic) bond motifs is 1. The number of amides is 1. The smallest absolute Gasteiger partial charge is 0.282 e. The monoisotopic (exact) mass is 499 g/mol. The van der Waals surface area contributed by atoms with Crippen LogP contribution in [0.2, 0.25) is 0 Å². The summed E-state index contributed by atoms with van der Waals surface area (Å²) in [6, 6.07) is 19.5. The number of aromatic nitrogens is 1. The Morgan fingerprint density at radius 1 is 1.13 bits per heavy atom. The Hall–Kier alpha value is -2.75. The maximum Gasteiger partial charge on any atom is 0.282 e. The maximum absolute atomic E-state index is 12.5. The van der Waals surface area contributed by atoms with Gasteiger partial charge in [-0.3, -0.25) is 14.9 Å². The molecule has 0 aliphatic heterocycles. The van der Waals surface area contributed by atoms with Gasteiger partial charge in [0.05, 0.1) is 15.1 Å². The van der Waals surface area contributed by atoms with Crippen LogP contribution in [0.25, 0.3) is 10.2 Å². The van der Waals surface area contributed by atoms with E-state index in [0.717, 1.165) is 24.8 Å². The van der Waals surface area contributed by atoms with Crippen molar-refractivity contribution in [1.29, 1.82) is 0 Å². The number of carbonyl (C=O) groups excluding carboxylic acids is 1. The molecular weight excluding hydrogens is 486 g/mol. The summed E-state index contributed by atoms with van der Waals surface area (Å²) in [5.74, 6) is 0.296. The molecule has 0 bridgehead atoms. The summed E-state index contributed by atoms with van der Waals surface area (Å²) in [6.45, 7) is 0. The molecular formula is C21H14BrN3O3S2. The van der Waals surface area contributed by atoms with Gasteiger partial charge in [0.1, 0.15) is 5.56 Å². The third kappa shape index (κ3) is 4.69. The third-order valence-corrected chi connectivity index (χ3v) is 7.01. The minimum atomic E-state index is -0.559. The number of rotatable bonds is 6. The zero-order chi connectivity index (χ0) is 21.1. The molecule has 0 spiro atoms. The van der Waals surface area contributed by atoms with Crippen LogP contribution in [-0.4, -0.2) is 15.8 Å². The van der Waals surface area contributed by atoms with E-state index in [1.807, 2.05) is 24.3 Å². The normalized spacial score (nSPS) is 10.8. The van der Waals surface area contributed by atoms with Gasteiger partial charge < -0.3 is 5.32 Å². The number of nitrogens with zero attached hydrogens (tertiary/aromatic N) is 2. The first kappa shape index (κ1) is 20.5. The number of hydrogen-bond acceptors (Lipinski definition) is 6. The van der Waals surface area contributed by atoms with Crippen LogP contribution in [0.5, 0.6) is 0 Å². The first-order valence-electron chi connectivity index (χ1n) is 8.82. The molecule has 9 heteroatoms. The molecule has 3 aromatic carbocycles. The van der Waals surface area contributed by atoms with Crippen molar-refractivity contribution in [2.45, 2.75) is 10.1 Å². The van der Waals surface area contributed by atoms with E-state index in [4.69, 9.17) is 0 Å². The molecule has 0 radical (unpaired) electrons. The number of para-hydroxylation sites is 1. The SMILES string of the molecule is O=C(Nc1ccc2nc(SCc3ccc(Br)cc3)sc2c1)c1ccccc1[N+](=O)[O-]. The number of thiazole rings is 1. The summed E-state index contributed by atoms with van der Waals surface area (Å²) in [5, 5.41) is 13.9. The molecule has 4 rings (SSSR count). The van der Waals surface area contributed by atoms with Gasteiger partial charge in [0, 0.05) is 22.0 Å². The highest BCUT2D eigenvalue weighted by Crippen LogP contribution is 2.33. The summed E-state index contributed by atoms with van der Waals surface area (Å²) < 4.78 is 2.93. The zero-order valence-electron chi connectivity index (χ0n) is 15.4. The van der Waals surface area contributed by atoms with Gasteiger partial charge >= 0.3 is 0 Å². The van der Waals surface area contributed by atoms with Gasteiger partial charge in [0.15, 0.2) is 4.34 Å². The van der Waals surface area contributed by atoms with Gasteiger partial charge in [0.25, 0.3) is 11.6 Å².